The van der Waals surface area contributed by atoms with Crippen molar-refractivity contribution in [2.75, 3.05) is 11.5 Å². The first-order valence-electron chi connectivity index (χ1n) is 6.49. The van der Waals surface area contributed by atoms with Crippen molar-refractivity contribution in [2.45, 2.75) is 38.8 Å². The summed E-state index contributed by atoms with van der Waals surface area (Å²) in [5, 5.41) is 3.32. The van der Waals surface area contributed by atoms with E-state index in [0.717, 1.165) is 13.0 Å². The van der Waals surface area contributed by atoms with Crippen LogP contribution in [0.4, 0.5) is 0 Å². The Morgan fingerprint density at radius 2 is 1.94 bits per heavy atom. The minimum atomic E-state index is -2.78. The second kappa shape index (κ2) is 5.41. The average Bonchev–Trinajstić information content (AvgIpc) is 2.67. The molecule has 2 rings (SSSR count). The second-order valence-corrected chi connectivity index (χ2v) is 7.61. The molecule has 1 atom stereocenters. The van der Waals surface area contributed by atoms with Crippen LogP contribution in [-0.2, 0) is 16.4 Å². The van der Waals surface area contributed by atoms with E-state index in [1.54, 1.807) is 0 Å². The molecule has 0 saturated carbocycles. The summed E-state index contributed by atoms with van der Waals surface area (Å²) in [7, 11) is -2.78. The highest BCUT2D eigenvalue weighted by Gasteiger charge is 2.27. The first kappa shape index (κ1) is 13.6. The van der Waals surface area contributed by atoms with Crippen molar-refractivity contribution in [2.24, 2.45) is 0 Å². The molecule has 1 aromatic carbocycles. The van der Waals surface area contributed by atoms with Crippen molar-refractivity contribution >= 4 is 9.84 Å². The van der Waals surface area contributed by atoms with E-state index in [4.69, 9.17) is 0 Å². The van der Waals surface area contributed by atoms with Gasteiger partial charge in [-0.3, -0.25) is 0 Å². The van der Waals surface area contributed by atoms with Gasteiger partial charge in [0.05, 0.1) is 11.5 Å². The molecule has 18 heavy (non-hydrogen) atoms. The van der Waals surface area contributed by atoms with E-state index in [0.29, 0.717) is 11.7 Å². The number of rotatable bonds is 4. The molecule has 0 aliphatic carbocycles. The first-order chi connectivity index (χ1) is 8.46. The summed E-state index contributed by atoms with van der Waals surface area (Å²) in [6.45, 7) is 5.10. The van der Waals surface area contributed by atoms with E-state index in [1.165, 1.54) is 11.1 Å². The molecule has 0 bridgehead atoms. The monoisotopic (exact) mass is 267 g/mol. The fourth-order valence-electron chi connectivity index (χ4n) is 2.24. The van der Waals surface area contributed by atoms with Gasteiger partial charge >= 0.3 is 0 Å². The zero-order valence-electron chi connectivity index (χ0n) is 11.0. The maximum atomic E-state index is 11.3. The Balaban J connectivity index is 1.87. The van der Waals surface area contributed by atoms with Crippen LogP contribution in [0.3, 0.4) is 0 Å². The highest BCUT2D eigenvalue weighted by atomic mass is 32.2. The summed E-state index contributed by atoms with van der Waals surface area (Å²) in [5.74, 6) is 1.17. The molecule has 1 saturated heterocycles. The van der Waals surface area contributed by atoms with E-state index in [-0.39, 0.29) is 11.8 Å². The molecule has 3 nitrogen and oxygen atoms in total. The molecule has 0 amide bonds. The first-order valence-corrected chi connectivity index (χ1v) is 8.31. The molecule has 1 fully saturated rings. The van der Waals surface area contributed by atoms with Crippen LogP contribution in [0.15, 0.2) is 24.3 Å². The van der Waals surface area contributed by atoms with E-state index in [1.807, 2.05) is 0 Å². The Hall–Kier alpha value is -0.870. The number of hydrogen-bond acceptors (Lipinski definition) is 3. The Labute approximate surface area is 110 Å². The summed E-state index contributed by atoms with van der Waals surface area (Å²) in [6.07, 6.45) is 0.742. The van der Waals surface area contributed by atoms with Crippen LogP contribution in [-0.4, -0.2) is 26.0 Å². The molecule has 4 heteroatoms. The Bertz CT molecular complexity index is 491. The highest BCUT2D eigenvalue weighted by molar-refractivity contribution is 7.91. The van der Waals surface area contributed by atoms with E-state index in [9.17, 15) is 8.42 Å². The molecule has 1 aliphatic rings. The second-order valence-electron chi connectivity index (χ2n) is 5.38. The summed E-state index contributed by atoms with van der Waals surface area (Å²) in [5.41, 5.74) is 2.55. The van der Waals surface area contributed by atoms with Crippen molar-refractivity contribution in [1.29, 1.82) is 0 Å². The number of nitrogens with one attached hydrogen (secondary N) is 1. The summed E-state index contributed by atoms with van der Waals surface area (Å²) < 4.78 is 22.7. The van der Waals surface area contributed by atoms with E-state index >= 15 is 0 Å². The van der Waals surface area contributed by atoms with Gasteiger partial charge in [0, 0.05) is 12.6 Å². The van der Waals surface area contributed by atoms with E-state index < -0.39 is 9.84 Å². The minimum absolute atomic E-state index is 0.125. The van der Waals surface area contributed by atoms with Crippen molar-refractivity contribution < 1.29 is 8.42 Å². The van der Waals surface area contributed by atoms with E-state index in [2.05, 4.69) is 43.4 Å². The molecule has 100 valence electrons. The number of sulfone groups is 1. The SMILES string of the molecule is CC(C)c1ccc(CNC2CCS(=O)(=O)C2)cc1. The topological polar surface area (TPSA) is 46.2 Å². The maximum Gasteiger partial charge on any atom is 0.151 e. The van der Waals surface area contributed by atoms with Gasteiger partial charge in [0.1, 0.15) is 0 Å². The normalized spacial score (nSPS) is 22.5. The number of benzene rings is 1. The van der Waals surface area contributed by atoms with Crippen LogP contribution in [0.1, 0.15) is 37.3 Å². The lowest BCUT2D eigenvalue weighted by molar-refractivity contribution is 0.554. The molecule has 0 radical (unpaired) electrons. The van der Waals surface area contributed by atoms with Crippen molar-refractivity contribution in [3.05, 3.63) is 35.4 Å². The molecule has 0 spiro atoms. The number of hydrogen-bond donors (Lipinski definition) is 1. The average molecular weight is 267 g/mol. The predicted molar refractivity (Wildman–Crippen MR) is 74.4 cm³/mol. The fraction of sp³-hybridized carbons (Fsp3) is 0.571. The lowest BCUT2D eigenvalue weighted by Gasteiger charge is -2.11. The minimum Gasteiger partial charge on any atom is -0.309 e. The van der Waals surface area contributed by atoms with Crippen LogP contribution in [0.2, 0.25) is 0 Å². The zero-order chi connectivity index (χ0) is 13.2. The van der Waals surface area contributed by atoms with Gasteiger partial charge in [0.15, 0.2) is 9.84 Å². The maximum absolute atomic E-state index is 11.3. The summed E-state index contributed by atoms with van der Waals surface area (Å²) in [4.78, 5) is 0. The summed E-state index contributed by atoms with van der Waals surface area (Å²) in [6, 6.07) is 8.65. The largest absolute Gasteiger partial charge is 0.309 e. The standard InChI is InChI=1S/C14H21NO2S/c1-11(2)13-5-3-12(4-6-13)9-15-14-7-8-18(16,17)10-14/h3-6,11,14-15H,7-10H2,1-2H3. The van der Waals surface area contributed by atoms with Crippen LogP contribution < -0.4 is 5.32 Å². The molecule has 1 N–H and O–H groups in total. The molecule has 1 unspecified atom stereocenters. The van der Waals surface area contributed by atoms with Gasteiger partial charge in [-0.25, -0.2) is 8.42 Å². The Kier molecular flexibility index (Phi) is 4.07. The highest BCUT2D eigenvalue weighted by Crippen LogP contribution is 2.15. The van der Waals surface area contributed by atoms with Crippen LogP contribution in [0.25, 0.3) is 0 Å². The fourth-order valence-corrected chi connectivity index (χ4v) is 3.95. The predicted octanol–water partition coefficient (Wildman–Crippen LogP) is 2.09. The molecule has 1 heterocycles. The zero-order valence-corrected chi connectivity index (χ0v) is 11.8. The third kappa shape index (κ3) is 3.56. The van der Waals surface area contributed by atoms with Gasteiger partial charge < -0.3 is 5.32 Å². The van der Waals surface area contributed by atoms with Gasteiger partial charge in [0.2, 0.25) is 0 Å². The smallest absolute Gasteiger partial charge is 0.151 e. The molecular formula is C14H21NO2S. The molecule has 1 aliphatic heterocycles. The molecule has 1 aromatic rings. The van der Waals surface area contributed by atoms with Crippen LogP contribution in [0, 0.1) is 0 Å². The van der Waals surface area contributed by atoms with Crippen molar-refractivity contribution in [3.63, 3.8) is 0 Å². The molecule has 0 aromatic heterocycles. The van der Waals surface area contributed by atoms with Crippen LogP contribution in [0.5, 0.6) is 0 Å². The Morgan fingerprint density at radius 1 is 1.28 bits per heavy atom. The van der Waals surface area contributed by atoms with Gasteiger partial charge in [0.25, 0.3) is 0 Å². The van der Waals surface area contributed by atoms with Gasteiger partial charge in [-0.15, -0.1) is 0 Å². The van der Waals surface area contributed by atoms with Gasteiger partial charge in [-0.2, -0.15) is 0 Å². The van der Waals surface area contributed by atoms with Crippen molar-refractivity contribution in [1.82, 2.24) is 5.32 Å². The lowest BCUT2D eigenvalue weighted by Crippen LogP contribution is -2.29. The van der Waals surface area contributed by atoms with Gasteiger partial charge in [-0.1, -0.05) is 38.1 Å². The lowest BCUT2D eigenvalue weighted by atomic mass is 10.0. The van der Waals surface area contributed by atoms with Crippen LogP contribution >= 0.6 is 0 Å². The third-order valence-electron chi connectivity index (χ3n) is 3.47. The molecular weight excluding hydrogens is 246 g/mol. The quantitative estimate of drug-likeness (QED) is 0.908. The van der Waals surface area contributed by atoms with Crippen molar-refractivity contribution in [3.8, 4) is 0 Å². The Morgan fingerprint density at radius 3 is 2.44 bits per heavy atom. The third-order valence-corrected chi connectivity index (χ3v) is 5.24. The van der Waals surface area contributed by atoms with Gasteiger partial charge in [-0.05, 0) is 23.5 Å². The summed E-state index contributed by atoms with van der Waals surface area (Å²) >= 11 is 0.